The second-order valence-electron chi connectivity index (χ2n) is 20.9. The molecule has 0 bridgehead atoms. The van der Waals surface area contributed by atoms with Crippen LogP contribution in [0.15, 0.2) is 303 Å². The van der Waals surface area contributed by atoms with E-state index < -0.39 is 0 Å². The normalized spacial score (nSPS) is 11.7. The van der Waals surface area contributed by atoms with Gasteiger partial charge in [0.1, 0.15) is 0 Å². The first-order valence-electron chi connectivity index (χ1n) is 27.6. The van der Waals surface area contributed by atoms with Crippen LogP contribution in [0.1, 0.15) is 0 Å². The van der Waals surface area contributed by atoms with Crippen molar-refractivity contribution in [3.63, 3.8) is 0 Å². The molecule has 0 amide bonds. The zero-order valence-electron chi connectivity index (χ0n) is 44.1. The lowest BCUT2D eigenvalue weighted by Crippen LogP contribution is -2.13. The van der Waals surface area contributed by atoms with Gasteiger partial charge >= 0.3 is 0 Å². The van der Waals surface area contributed by atoms with Gasteiger partial charge in [-0.05, 0) is 173 Å². The Morgan fingerprint density at radius 3 is 1.40 bits per heavy atom. The van der Waals surface area contributed by atoms with Crippen molar-refractivity contribution in [3.05, 3.63) is 303 Å². The lowest BCUT2D eigenvalue weighted by atomic mass is 9.98. The van der Waals surface area contributed by atoms with Gasteiger partial charge in [-0.15, -0.1) is 11.3 Å². The number of para-hydroxylation sites is 5. The molecule has 0 radical (unpaired) electrons. The summed E-state index contributed by atoms with van der Waals surface area (Å²) < 4.78 is 7.45. The van der Waals surface area contributed by atoms with Gasteiger partial charge < -0.3 is 18.9 Å². The minimum absolute atomic E-state index is 1.03. The quantitative estimate of drug-likeness (QED) is 0.136. The van der Waals surface area contributed by atoms with Gasteiger partial charge in [0.2, 0.25) is 0 Å². The number of nitrogens with zero attached hydrogens (tertiary/aromatic N) is 4. The van der Waals surface area contributed by atoms with Gasteiger partial charge in [0.25, 0.3) is 0 Å². The van der Waals surface area contributed by atoms with Gasteiger partial charge in [-0.3, -0.25) is 0 Å². The standard InChI is InChI=1S/C76H50N4S/c1-6-20-51(21-7-1)52-34-38-60(39-35-52)77(56-22-8-2-9-23-56)62-44-55(45-63(48-62)78(57-24-10-3-11-25-57)61-40-42-72-68(49-61)64-30-16-18-32-70(64)79(72)58-26-12-4-13-27-58)53-36-41-71-67(46-53)69-50-66-54(47-73(69)80(71)59-28-14-5-15-29-59)37-43-75-76(66)65-31-17-19-33-74(65)81-75/h1-50H. The minimum atomic E-state index is 1.03. The number of fused-ring (bicyclic) bond motifs is 11. The molecule has 0 unspecified atom stereocenters. The fourth-order valence-electron chi connectivity index (χ4n) is 12.6. The van der Waals surface area contributed by atoms with Gasteiger partial charge in [-0.25, -0.2) is 0 Å². The molecule has 0 aliphatic rings. The number of hydrogen-bond donors (Lipinski definition) is 0. The average Bonchev–Trinajstić information content (AvgIpc) is 4.27. The topological polar surface area (TPSA) is 16.3 Å². The molecule has 4 nitrogen and oxygen atoms in total. The molecule has 0 aliphatic carbocycles. The molecule has 0 N–H and O–H groups in total. The first-order valence-corrected chi connectivity index (χ1v) is 28.5. The Labute approximate surface area is 473 Å². The van der Waals surface area contributed by atoms with E-state index in [1.807, 2.05) is 11.3 Å². The Bertz CT molecular complexity index is 5030. The molecule has 0 saturated carbocycles. The summed E-state index contributed by atoms with van der Waals surface area (Å²) in [6.45, 7) is 0. The lowest BCUT2D eigenvalue weighted by molar-refractivity contribution is 1.18. The Kier molecular flexibility index (Phi) is 11.0. The fourth-order valence-corrected chi connectivity index (χ4v) is 13.7. The molecule has 3 aromatic heterocycles. The summed E-state index contributed by atoms with van der Waals surface area (Å²) in [5.74, 6) is 0. The van der Waals surface area contributed by atoms with Gasteiger partial charge in [0, 0.05) is 87.2 Å². The van der Waals surface area contributed by atoms with Crippen LogP contribution in [0.4, 0.5) is 34.1 Å². The Hall–Kier alpha value is -10.5. The van der Waals surface area contributed by atoms with E-state index in [2.05, 4.69) is 322 Å². The minimum Gasteiger partial charge on any atom is -0.310 e. The van der Waals surface area contributed by atoms with E-state index in [4.69, 9.17) is 0 Å². The Morgan fingerprint density at radius 2 is 0.716 bits per heavy atom. The fraction of sp³-hybridized carbons (Fsp3) is 0. The molecule has 0 atom stereocenters. The first kappa shape index (κ1) is 46.6. The summed E-state index contributed by atoms with van der Waals surface area (Å²) in [5.41, 5.74) is 17.8. The van der Waals surface area contributed by atoms with Crippen molar-refractivity contribution in [2.75, 3.05) is 9.80 Å². The van der Waals surface area contributed by atoms with E-state index in [0.717, 1.165) is 67.7 Å². The van der Waals surface area contributed by atoms with Gasteiger partial charge in [0.15, 0.2) is 0 Å². The van der Waals surface area contributed by atoms with Crippen LogP contribution in [-0.4, -0.2) is 9.13 Å². The number of benzene rings is 13. The van der Waals surface area contributed by atoms with Gasteiger partial charge in [-0.2, -0.15) is 0 Å². The number of aromatic nitrogens is 2. The maximum atomic E-state index is 2.47. The van der Waals surface area contributed by atoms with Crippen molar-refractivity contribution >= 4 is 120 Å². The van der Waals surface area contributed by atoms with Crippen LogP contribution in [0.5, 0.6) is 0 Å². The van der Waals surface area contributed by atoms with E-state index in [1.54, 1.807) is 0 Å². The number of hydrogen-bond acceptors (Lipinski definition) is 3. The molecule has 13 aromatic carbocycles. The summed E-state index contributed by atoms with van der Waals surface area (Å²) in [4.78, 5) is 4.84. The third-order valence-corrected chi connectivity index (χ3v) is 17.3. The van der Waals surface area contributed by atoms with Crippen LogP contribution in [-0.2, 0) is 0 Å². The number of anilines is 6. The molecular formula is C76H50N4S. The van der Waals surface area contributed by atoms with Crippen molar-refractivity contribution < 1.29 is 0 Å². The molecule has 3 heterocycles. The summed E-state index contributed by atoms with van der Waals surface area (Å²) in [7, 11) is 0. The van der Waals surface area contributed by atoms with Crippen LogP contribution < -0.4 is 9.80 Å². The molecule has 0 saturated heterocycles. The van der Waals surface area contributed by atoms with Crippen molar-refractivity contribution in [3.8, 4) is 33.6 Å². The van der Waals surface area contributed by atoms with Crippen molar-refractivity contribution in [1.29, 1.82) is 0 Å². The number of rotatable bonds is 10. The highest BCUT2D eigenvalue weighted by atomic mass is 32.1. The van der Waals surface area contributed by atoms with Crippen LogP contribution in [0.25, 0.3) is 108 Å². The highest BCUT2D eigenvalue weighted by molar-refractivity contribution is 7.26. The lowest BCUT2D eigenvalue weighted by Gasteiger charge is -2.30. The van der Waals surface area contributed by atoms with Crippen LogP contribution >= 0.6 is 11.3 Å². The molecular weight excluding hydrogens is 1000 g/mol. The molecule has 0 fully saturated rings. The monoisotopic (exact) mass is 1050 g/mol. The van der Waals surface area contributed by atoms with Crippen LogP contribution in [0.3, 0.4) is 0 Å². The van der Waals surface area contributed by atoms with Crippen molar-refractivity contribution in [2.45, 2.75) is 0 Å². The Morgan fingerprint density at radius 1 is 0.235 bits per heavy atom. The van der Waals surface area contributed by atoms with Crippen LogP contribution in [0, 0.1) is 0 Å². The second kappa shape index (κ2) is 19.2. The van der Waals surface area contributed by atoms with E-state index >= 15 is 0 Å². The third kappa shape index (κ3) is 7.89. The molecule has 81 heavy (non-hydrogen) atoms. The molecule has 16 aromatic rings. The van der Waals surface area contributed by atoms with E-state index in [9.17, 15) is 0 Å². The molecule has 5 heteroatoms. The van der Waals surface area contributed by atoms with E-state index in [0.29, 0.717) is 0 Å². The highest BCUT2D eigenvalue weighted by Crippen LogP contribution is 2.47. The molecule has 0 spiro atoms. The van der Waals surface area contributed by atoms with Crippen LogP contribution in [0.2, 0.25) is 0 Å². The molecule has 0 aliphatic heterocycles. The van der Waals surface area contributed by atoms with Gasteiger partial charge in [0.05, 0.1) is 22.1 Å². The zero-order chi connectivity index (χ0) is 53.4. The first-order chi connectivity index (χ1) is 40.2. The SMILES string of the molecule is c1ccc(-c2ccc(N(c3ccccc3)c3cc(-c4ccc5c(c4)c4cc6c(ccc7sc8ccccc8c76)cc4n5-c4ccccc4)cc(N(c4ccccc4)c4ccc5c(c4)c4ccccc4n5-c4ccccc4)c3)cc2)cc1. The Balaban J connectivity index is 0.956. The average molecular weight is 1050 g/mol. The zero-order valence-corrected chi connectivity index (χ0v) is 44.9. The summed E-state index contributed by atoms with van der Waals surface area (Å²) in [5, 5.41) is 9.96. The summed E-state index contributed by atoms with van der Waals surface area (Å²) in [6, 6.07) is 111. The number of thiophene rings is 1. The maximum Gasteiger partial charge on any atom is 0.0547 e. The van der Waals surface area contributed by atoms with E-state index in [-0.39, 0.29) is 0 Å². The maximum absolute atomic E-state index is 2.47. The van der Waals surface area contributed by atoms with Crippen molar-refractivity contribution in [2.24, 2.45) is 0 Å². The summed E-state index contributed by atoms with van der Waals surface area (Å²) >= 11 is 1.87. The predicted molar refractivity (Wildman–Crippen MR) is 346 cm³/mol. The largest absolute Gasteiger partial charge is 0.310 e. The third-order valence-electron chi connectivity index (χ3n) is 16.2. The summed E-state index contributed by atoms with van der Waals surface area (Å²) in [6.07, 6.45) is 0. The van der Waals surface area contributed by atoms with E-state index in [1.165, 1.54) is 74.6 Å². The van der Waals surface area contributed by atoms with Gasteiger partial charge in [-0.1, -0.05) is 164 Å². The second-order valence-corrected chi connectivity index (χ2v) is 22.0. The van der Waals surface area contributed by atoms with Crippen molar-refractivity contribution in [1.82, 2.24) is 9.13 Å². The molecule has 16 rings (SSSR count). The smallest absolute Gasteiger partial charge is 0.0547 e. The predicted octanol–water partition coefficient (Wildman–Crippen LogP) is 21.7. The molecule has 380 valence electrons. The highest BCUT2D eigenvalue weighted by Gasteiger charge is 2.23.